The van der Waals surface area contributed by atoms with Crippen LogP contribution in [0, 0.1) is 23.2 Å². The standard InChI is InChI=1S/C26H43BrO3Si/c1-18(21-13-14-22-19(17-27)10-9-15-25(21,22)5)11-12-20-16-26(6,23(28)29-20)30-31(7,8)24(2,3)4/h16-18,21-22H,9-15H2,1-8H3/t18-,21-,22?,25-,26-/m1/s1. The third-order valence-corrected chi connectivity index (χ3v) is 14.2. The summed E-state index contributed by atoms with van der Waals surface area (Å²) in [6.45, 7) is 17.8. The van der Waals surface area contributed by atoms with Gasteiger partial charge in [-0.3, -0.25) is 0 Å². The van der Waals surface area contributed by atoms with Crippen molar-refractivity contribution in [1.29, 1.82) is 0 Å². The van der Waals surface area contributed by atoms with Gasteiger partial charge in [0, 0.05) is 6.42 Å². The smallest absolute Gasteiger partial charge is 0.346 e. The molecule has 3 aliphatic rings. The van der Waals surface area contributed by atoms with E-state index in [1.165, 1.54) is 32.1 Å². The minimum absolute atomic E-state index is 0.0538. The van der Waals surface area contributed by atoms with Gasteiger partial charge >= 0.3 is 5.97 Å². The van der Waals surface area contributed by atoms with Crippen LogP contribution in [0.15, 0.2) is 22.4 Å². The molecule has 0 spiro atoms. The summed E-state index contributed by atoms with van der Waals surface area (Å²) in [4.78, 5) is 14.9. The number of hydrogen-bond acceptors (Lipinski definition) is 3. The van der Waals surface area contributed by atoms with Gasteiger partial charge in [-0.15, -0.1) is 0 Å². The Morgan fingerprint density at radius 3 is 2.61 bits per heavy atom. The molecule has 31 heavy (non-hydrogen) atoms. The molecule has 176 valence electrons. The maximum Gasteiger partial charge on any atom is 0.346 e. The number of allylic oxidation sites excluding steroid dienone is 2. The van der Waals surface area contributed by atoms with Gasteiger partial charge in [0.15, 0.2) is 13.9 Å². The van der Waals surface area contributed by atoms with Gasteiger partial charge in [0.1, 0.15) is 5.76 Å². The Balaban J connectivity index is 1.65. The van der Waals surface area contributed by atoms with Crippen molar-refractivity contribution in [1.82, 2.24) is 0 Å². The van der Waals surface area contributed by atoms with Crippen LogP contribution in [0.5, 0.6) is 0 Å². The van der Waals surface area contributed by atoms with Gasteiger partial charge in [0.05, 0.1) is 0 Å². The molecular formula is C26H43BrO3Si. The Morgan fingerprint density at radius 2 is 2.00 bits per heavy atom. The highest BCUT2D eigenvalue weighted by molar-refractivity contribution is 9.11. The molecule has 0 aromatic carbocycles. The molecule has 5 atom stereocenters. The Bertz CT molecular complexity index is 765. The number of fused-ring (bicyclic) bond motifs is 1. The van der Waals surface area contributed by atoms with Crippen LogP contribution in [-0.2, 0) is 14.0 Å². The molecule has 3 nitrogen and oxygen atoms in total. The van der Waals surface area contributed by atoms with Crippen LogP contribution in [0.4, 0.5) is 0 Å². The zero-order chi connectivity index (χ0) is 23.2. The Labute approximate surface area is 199 Å². The summed E-state index contributed by atoms with van der Waals surface area (Å²) in [7, 11) is -2.07. The third-order valence-electron chi connectivity index (χ3n) is 9.05. The van der Waals surface area contributed by atoms with Crippen molar-refractivity contribution in [3.8, 4) is 0 Å². The SMILES string of the molecule is C[C@H](CCC1=C[C@@](C)(O[Si](C)(C)C(C)(C)C)C(=O)O1)[C@H]1CCC2C(=CBr)CCC[C@@]21C. The summed E-state index contributed by atoms with van der Waals surface area (Å²) in [5.41, 5.74) is 1.09. The van der Waals surface area contributed by atoms with Gasteiger partial charge < -0.3 is 9.16 Å². The second-order valence-electron chi connectivity index (χ2n) is 12.3. The van der Waals surface area contributed by atoms with Crippen molar-refractivity contribution in [2.75, 3.05) is 0 Å². The number of esters is 1. The number of ether oxygens (including phenoxy) is 1. The van der Waals surface area contributed by atoms with Crippen molar-refractivity contribution < 1.29 is 14.0 Å². The lowest BCUT2D eigenvalue weighted by molar-refractivity contribution is -0.149. The monoisotopic (exact) mass is 510 g/mol. The first-order chi connectivity index (χ1) is 14.2. The summed E-state index contributed by atoms with van der Waals surface area (Å²) in [5.74, 6) is 2.66. The second kappa shape index (κ2) is 8.75. The zero-order valence-corrected chi connectivity index (χ0v) is 23.5. The van der Waals surface area contributed by atoms with E-state index in [1.54, 1.807) is 5.57 Å². The molecule has 3 rings (SSSR count). The van der Waals surface area contributed by atoms with E-state index < -0.39 is 13.9 Å². The van der Waals surface area contributed by atoms with Crippen molar-refractivity contribution in [2.24, 2.45) is 23.2 Å². The van der Waals surface area contributed by atoms with Crippen LogP contribution >= 0.6 is 15.9 Å². The van der Waals surface area contributed by atoms with Crippen LogP contribution in [0.3, 0.4) is 0 Å². The number of rotatable bonds is 6. The molecule has 0 aromatic heterocycles. The molecule has 1 heterocycles. The van der Waals surface area contributed by atoms with E-state index in [0.29, 0.717) is 11.3 Å². The summed E-state index contributed by atoms with van der Waals surface area (Å²) in [6.07, 6.45) is 10.4. The molecule has 0 saturated heterocycles. The summed E-state index contributed by atoms with van der Waals surface area (Å²) >= 11 is 3.63. The Kier molecular flexibility index (Phi) is 7.13. The van der Waals surface area contributed by atoms with Crippen LogP contribution in [0.1, 0.15) is 86.5 Å². The van der Waals surface area contributed by atoms with Crippen LogP contribution in [-0.4, -0.2) is 19.9 Å². The predicted octanol–water partition coefficient (Wildman–Crippen LogP) is 8.12. The number of halogens is 1. The highest BCUT2D eigenvalue weighted by atomic mass is 79.9. The summed E-state index contributed by atoms with van der Waals surface area (Å²) in [6, 6.07) is 0. The second-order valence-corrected chi connectivity index (χ2v) is 17.4. The molecule has 5 heteroatoms. The minimum Gasteiger partial charge on any atom is -0.429 e. The topological polar surface area (TPSA) is 35.5 Å². The van der Waals surface area contributed by atoms with Crippen molar-refractivity contribution in [2.45, 2.75) is 110 Å². The lowest BCUT2D eigenvalue weighted by Gasteiger charge is -2.44. The number of carbonyl (C=O) groups is 1. The van der Waals surface area contributed by atoms with Crippen LogP contribution < -0.4 is 0 Å². The Morgan fingerprint density at radius 1 is 1.32 bits per heavy atom. The van der Waals surface area contributed by atoms with Crippen LogP contribution in [0.2, 0.25) is 18.1 Å². The maximum absolute atomic E-state index is 12.7. The van der Waals surface area contributed by atoms with E-state index >= 15 is 0 Å². The highest BCUT2D eigenvalue weighted by Crippen LogP contribution is 2.60. The fourth-order valence-corrected chi connectivity index (χ4v) is 8.27. The van der Waals surface area contributed by atoms with Gasteiger partial charge in [-0.25, -0.2) is 4.79 Å². The summed E-state index contributed by atoms with van der Waals surface area (Å²) in [5, 5.41) is 0.0538. The van der Waals surface area contributed by atoms with Gasteiger partial charge in [0.25, 0.3) is 0 Å². The molecule has 2 aliphatic carbocycles. The van der Waals surface area contributed by atoms with Crippen molar-refractivity contribution in [3.05, 3.63) is 22.4 Å². The van der Waals surface area contributed by atoms with E-state index in [9.17, 15) is 4.79 Å². The average Bonchev–Trinajstić information content (AvgIpc) is 3.14. The molecule has 2 saturated carbocycles. The number of carbonyl (C=O) groups excluding carboxylic acids is 1. The van der Waals surface area contributed by atoms with Crippen molar-refractivity contribution >= 4 is 30.2 Å². The lowest BCUT2D eigenvalue weighted by atomic mass is 9.61. The molecule has 1 aliphatic heterocycles. The first-order valence-corrected chi connectivity index (χ1v) is 16.0. The summed E-state index contributed by atoms with van der Waals surface area (Å²) < 4.78 is 12.2. The minimum atomic E-state index is -2.07. The van der Waals surface area contributed by atoms with E-state index in [1.807, 2.05) is 13.0 Å². The average molecular weight is 512 g/mol. The fraction of sp³-hybridized carbons (Fsp3) is 0.808. The van der Waals surface area contributed by atoms with Gasteiger partial charge in [-0.05, 0) is 97.8 Å². The quantitative estimate of drug-likeness (QED) is 0.267. The van der Waals surface area contributed by atoms with E-state index in [2.05, 4.69) is 68.6 Å². The largest absolute Gasteiger partial charge is 0.429 e. The molecule has 0 amide bonds. The molecular weight excluding hydrogens is 468 g/mol. The first-order valence-electron chi connectivity index (χ1n) is 12.2. The highest BCUT2D eigenvalue weighted by Gasteiger charge is 2.51. The third kappa shape index (κ3) is 4.79. The zero-order valence-electron chi connectivity index (χ0n) is 20.9. The van der Waals surface area contributed by atoms with E-state index in [4.69, 9.17) is 9.16 Å². The predicted molar refractivity (Wildman–Crippen MR) is 134 cm³/mol. The van der Waals surface area contributed by atoms with E-state index in [-0.39, 0.29) is 11.0 Å². The molecule has 2 fully saturated rings. The van der Waals surface area contributed by atoms with E-state index in [0.717, 1.165) is 30.4 Å². The fourth-order valence-electron chi connectivity index (χ4n) is 6.21. The van der Waals surface area contributed by atoms with Gasteiger partial charge in [-0.1, -0.05) is 56.1 Å². The van der Waals surface area contributed by atoms with Gasteiger partial charge in [0.2, 0.25) is 0 Å². The van der Waals surface area contributed by atoms with Crippen LogP contribution in [0.25, 0.3) is 0 Å². The molecule has 0 aromatic rings. The molecule has 0 bridgehead atoms. The molecule has 0 N–H and O–H groups in total. The molecule has 1 unspecified atom stereocenters. The number of cyclic esters (lactones) is 1. The Hall–Kier alpha value is -0.393. The first kappa shape index (κ1) is 25.2. The lowest BCUT2D eigenvalue weighted by Crippen LogP contribution is -2.50. The molecule has 0 radical (unpaired) electrons. The van der Waals surface area contributed by atoms with Crippen molar-refractivity contribution in [3.63, 3.8) is 0 Å². The number of hydrogen-bond donors (Lipinski definition) is 0. The van der Waals surface area contributed by atoms with Gasteiger partial charge in [-0.2, -0.15) is 0 Å². The normalized spacial score (nSPS) is 36.4. The maximum atomic E-state index is 12.7.